The third-order valence-electron chi connectivity index (χ3n) is 6.04. The lowest BCUT2D eigenvalue weighted by Crippen LogP contribution is -2.66. The molecule has 33 heavy (non-hydrogen) atoms. The number of hydrogen-bond acceptors (Lipinski definition) is 6. The SMILES string of the molecule is O=C1N(c2ccc(C(F)(F)F)cn2)CCCC12CN(c1cnc3cnn(CC(F)F)c3n1)C2. The van der Waals surface area contributed by atoms with Gasteiger partial charge in [-0.25, -0.2) is 28.4 Å². The van der Waals surface area contributed by atoms with E-state index in [4.69, 9.17) is 0 Å². The Morgan fingerprint density at radius 3 is 2.52 bits per heavy atom. The maximum Gasteiger partial charge on any atom is 0.417 e. The van der Waals surface area contributed by atoms with Crippen LogP contribution in [0, 0.1) is 5.41 Å². The van der Waals surface area contributed by atoms with Gasteiger partial charge in [0.2, 0.25) is 5.91 Å². The summed E-state index contributed by atoms with van der Waals surface area (Å²) in [7, 11) is 0. The number of pyridine rings is 1. The summed E-state index contributed by atoms with van der Waals surface area (Å²) in [5, 5.41) is 3.89. The molecule has 0 bridgehead atoms. The second kappa shape index (κ2) is 7.59. The normalized spacial score (nSPS) is 18.4. The monoisotopic (exact) mass is 467 g/mol. The van der Waals surface area contributed by atoms with Crippen LogP contribution in [-0.4, -0.2) is 56.7 Å². The number of nitrogens with zero attached hydrogens (tertiary/aromatic N) is 7. The highest BCUT2D eigenvalue weighted by molar-refractivity contribution is 5.99. The Morgan fingerprint density at radius 1 is 1.06 bits per heavy atom. The van der Waals surface area contributed by atoms with Gasteiger partial charge in [0, 0.05) is 25.8 Å². The molecule has 0 unspecified atom stereocenters. The van der Waals surface area contributed by atoms with Crippen LogP contribution >= 0.6 is 0 Å². The van der Waals surface area contributed by atoms with Crippen molar-refractivity contribution in [1.82, 2.24) is 24.7 Å². The zero-order valence-electron chi connectivity index (χ0n) is 17.1. The molecule has 8 nitrogen and oxygen atoms in total. The van der Waals surface area contributed by atoms with E-state index in [1.54, 1.807) is 0 Å². The summed E-state index contributed by atoms with van der Waals surface area (Å²) in [4.78, 5) is 29.0. The molecule has 0 N–H and O–H groups in total. The van der Waals surface area contributed by atoms with Gasteiger partial charge in [0.1, 0.15) is 23.7 Å². The number of fused-ring (bicyclic) bond motifs is 1. The van der Waals surface area contributed by atoms with Crippen LogP contribution in [0.4, 0.5) is 33.6 Å². The maximum atomic E-state index is 13.2. The van der Waals surface area contributed by atoms with Crippen molar-refractivity contribution in [2.75, 3.05) is 29.4 Å². The standard InChI is InChI=1S/C20H18F5N7O/c21-14(22)9-32-17-13(7-28-32)26-8-16(29-17)30-10-19(11-30)4-1-5-31(18(19)33)15-3-2-12(6-27-15)20(23,24)25/h2-3,6-8,14H,1,4-5,9-11H2. The predicted octanol–water partition coefficient (Wildman–Crippen LogP) is 3.14. The second-order valence-electron chi connectivity index (χ2n) is 8.25. The summed E-state index contributed by atoms with van der Waals surface area (Å²) in [5.74, 6) is 0.429. The van der Waals surface area contributed by atoms with Crippen molar-refractivity contribution >= 4 is 28.7 Å². The van der Waals surface area contributed by atoms with E-state index in [1.165, 1.54) is 23.4 Å². The summed E-state index contributed by atoms with van der Waals surface area (Å²) < 4.78 is 65.1. The Hall–Kier alpha value is -3.38. The molecule has 0 saturated carbocycles. The smallest absolute Gasteiger partial charge is 0.353 e. The first-order chi connectivity index (χ1) is 15.7. The third-order valence-corrected chi connectivity index (χ3v) is 6.04. The van der Waals surface area contributed by atoms with Crippen LogP contribution in [0.3, 0.4) is 0 Å². The summed E-state index contributed by atoms with van der Waals surface area (Å²) in [6.45, 7) is 0.453. The average Bonchev–Trinajstić information content (AvgIpc) is 3.13. The van der Waals surface area contributed by atoms with E-state index in [-0.39, 0.29) is 17.4 Å². The highest BCUT2D eigenvalue weighted by Crippen LogP contribution is 2.43. The fourth-order valence-electron chi connectivity index (χ4n) is 4.40. The van der Waals surface area contributed by atoms with Crippen LogP contribution in [0.2, 0.25) is 0 Å². The molecule has 2 aliphatic heterocycles. The fourth-order valence-corrected chi connectivity index (χ4v) is 4.40. The first-order valence-corrected chi connectivity index (χ1v) is 10.2. The van der Waals surface area contributed by atoms with E-state index in [9.17, 15) is 26.7 Å². The number of amides is 1. The Labute approximate surface area is 184 Å². The molecule has 2 saturated heterocycles. The zero-order valence-corrected chi connectivity index (χ0v) is 17.1. The van der Waals surface area contributed by atoms with Gasteiger partial charge in [-0.15, -0.1) is 0 Å². The van der Waals surface area contributed by atoms with Crippen molar-refractivity contribution in [3.8, 4) is 0 Å². The minimum Gasteiger partial charge on any atom is -0.353 e. The lowest BCUT2D eigenvalue weighted by Gasteiger charge is -2.53. The summed E-state index contributed by atoms with van der Waals surface area (Å²) in [5.41, 5.74) is -0.954. The van der Waals surface area contributed by atoms with Crippen LogP contribution in [0.25, 0.3) is 11.2 Å². The lowest BCUT2D eigenvalue weighted by atomic mass is 9.72. The zero-order chi connectivity index (χ0) is 23.4. The van der Waals surface area contributed by atoms with Gasteiger partial charge in [0.05, 0.1) is 23.4 Å². The van der Waals surface area contributed by atoms with E-state index in [2.05, 4.69) is 20.1 Å². The molecule has 0 aliphatic carbocycles. The molecule has 1 spiro atoms. The Kier molecular flexibility index (Phi) is 4.94. The van der Waals surface area contributed by atoms with Gasteiger partial charge < -0.3 is 4.90 Å². The summed E-state index contributed by atoms with van der Waals surface area (Å²) in [6.07, 6.45) is -2.19. The van der Waals surface area contributed by atoms with Crippen molar-refractivity contribution in [3.05, 3.63) is 36.3 Å². The quantitative estimate of drug-likeness (QED) is 0.549. The van der Waals surface area contributed by atoms with Gasteiger partial charge in [-0.2, -0.15) is 18.3 Å². The van der Waals surface area contributed by atoms with Gasteiger partial charge in [-0.1, -0.05) is 0 Å². The number of halogens is 5. The fraction of sp³-hybridized carbons (Fsp3) is 0.450. The molecule has 174 valence electrons. The largest absolute Gasteiger partial charge is 0.417 e. The summed E-state index contributed by atoms with van der Waals surface area (Å²) >= 11 is 0. The van der Waals surface area contributed by atoms with Gasteiger partial charge >= 0.3 is 6.18 Å². The number of carbonyl (C=O) groups excluding carboxylic acids is 1. The molecule has 5 rings (SSSR count). The van der Waals surface area contributed by atoms with Crippen LogP contribution in [0.5, 0.6) is 0 Å². The molecule has 3 aromatic rings. The van der Waals surface area contributed by atoms with Gasteiger partial charge in [0.15, 0.2) is 5.65 Å². The molecular weight excluding hydrogens is 449 g/mol. The molecule has 2 aliphatic rings. The van der Waals surface area contributed by atoms with E-state index in [0.29, 0.717) is 43.8 Å². The number of aromatic nitrogens is 5. The first kappa shape index (κ1) is 21.5. The van der Waals surface area contributed by atoms with Crippen LogP contribution in [0.15, 0.2) is 30.7 Å². The van der Waals surface area contributed by atoms with E-state index in [0.717, 1.165) is 16.9 Å². The van der Waals surface area contributed by atoms with Crippen LogP contribution in [0.1, 0.15) is 18.4 Å². The molecule has 3 aromatic heterocycles. The molecule has 0 atom stereocenters. The minimum atomic E-state index is -4.50. The van der Waals surface area contributed by atoms with Gasteiger partial charge in [0.25, 0.3) is 6.43 Å². The third kappa shape index (κ3) is 3.74. The number of alkyl halides is 5. The number of anilines is 2. The highest BCUT2D eigenvalue weighted by Gasteiger charge is 2.53. The second-order valence-corrected chi connectivity index (χ2v) is 8.25. The molecule has 0 aromatic carbocycles. The molecule has 2 fully saturated rings. The van der Waals surface area contributed by atoms with E-state index >= 15 is 0 Å². The number of hydrogen-bond donors (Lipinski definition) is 0. The van der Waals surface area contributed by atoms with Crippen molar-refractivity contribution in [1.29, 1.82) is 0 Å². The Balaban J connectivity index is 1.33. The maximum absolute atomic E-state index is 13.2. The van der Waals surface area contributed by atoms with Gasteiger partial charge in [-0.05, 0) is 25.0 Å². The van der Waals surface area contributed by atoms with E-state index in [1.807, 2.05) is 4.90 Å². The van der Waals surface area contributed by atoms with Crippen molar-refractivity contribution in [3.63, 3.8) is 0 Å². The lowest BCUT2D eigenvalue weighted by molar-refractivity contribution is -0.137. The molecule has 0 radical (unpaired) electrons. The Morgan fingerprint density at radius 2 is 1.85 bits per heavy atom. The highest BCUT2D eigenvalue weighted by atomic mass is 19.4. The summed E-state index contributed by atoms with van der Waals surface area (Å²) in [6, 6.07) is 2.12. The van der Waals surface area contributed by atoms with Gasteiger partial charge in [-0.3, -0.25) is 9.69 Å². The van der Waals surface area contributed by atoms with Crippen molar-refractivity contribution in [2.45, 2.75) is 32.0 Å². The topological polar surface area (TPSA) is 80.0 Å². The molecule has 13 heteroatoms. The van der Waals surface area contributed by atoms with Crippen LogP contribution < -0.4 is 9.80 Å². The number of rotatable bonds is 4. The minimum absolute atomic E-state index is 0.183. The number of piperidine rings is 1. The number of carbonyl (C=O) groups is 1. The molecular formula is C20H18F5N7O. The first-order valence-electron chi connectivity index (χ1n) is 10.2. The van der Waals surface area contributed by atoms with Crippen LogP contribution in [-0.2, 0) is 17.5 Å². The average molecular weight is 467 g/mol. The van der Waals surface area contributed by atoms with E-state index < -0.39 is 30.1 Å². The van der Waals surface area contributed by atoms with Crippen molar-refractivity contribution in [2.24, 2.45) is 5.41 Å². The Bertz CT molecular complexity index is 1190. The molecule has 5 heterocycles. The predicted molar refractivity (Wildman–Crippen MR) is 107 cm³/mol. The molecule has 1 amide bonds. The van der Waals surface area contributed by atoms with Crippen molar-refractivity contribution < 1.29 is 26.7 Å².